The Morgan fingerprint density at radius 1 is 0.462 bits per heavy atom. The van der Waals surface area contributed by atoms with Crippen molar-refractivity contribution in [1.82, 2.24) is 0 Å². The lowest BCUT2D eigenvalue weighted by atomic mass is 10.1. The summed E-state index contributed by atoms with van der Waals surface area (Å²) in [5.41, 5.74) is 5.02. The molecule has 0 amide bonds. The third-order valence-electron chi connectivity index (χ3n) is 11.0. The van der Waals surface area contributed by atoms with Crippen LogP contribution >= 0.6 is 0 Å². The standard InChI is InChI=1S/C28H42O3.C21H36O3.C9H10O/c1-3-5-6-7-8-12-22-30-28-19-17-25(18-20-28)16-13-21-29-24-27(4-2)31-23-26-14-10-9-11-15-26;1-3-5-6-7-8-9-17-24-21-14-12-19(13-15-21)11-10-16-23-18-20(22)4-2;1-2-10-8-9-6-4-3-5-7-9/h9-11,14-15,17-20,27H,3-8,12-13,16,21-24H2,1-2H3;12-15,20,22H,3-11,16-18H2,1-2H3;2-7H,1,8H2/t27-;20-;/m11./s1. The minimum absolute atomic E-state index is 0.156. The van der Waals surface area contributed by atoms with Gasteiger partial charge in [0.2, 0.25) is 0 Å². The van der Waals surface area contributed by atoms with Gasteiger partial charge in [0.05, 0.1) is 51.5 Å². The summed E-state index contributed by atoms with van der Waals surface area (Å²) in [7, 11) is 0. The zero-order valence-electron chi connectivity index (χ0n) is 41.1. The highest BCUT2D eigenvalue weighted by Crippen LogP contribution is 2.17. The van der Waals surface area contributed by atoms with E-state index in [4.69, 9.17) is 28.4 Å². The minimum Gasteiger partial charge on any atom is -0.497 e. The van der Waals surface area contributed by atoms with Crippen molar-refractivity contribution < 1.29 is 33.5 Å². The summed E-state index contributed by atoms with van der Waals surface area (Å²) in [5, 5.41) is 9.41. The fraction of sp³-hybridized carbons (Fsp3) is 0.552. The van der Waals surface area contributed by atoms with E-state index in [-0.39, 0.29) is 12.2 Å². The van der Waals surface area contributed by atoms with Gasteiger partial charge in [-0.15, -0.1) is 0 Å². The molecule has 0 aromatic heterocycles. The Morgan fingerprint density at radius 3 is 1.35 bits per heavy atom. The first-order valence-electron chi connectivity index (χ1n) is 25.2. The van der Waals surface area contributed by atoms with Gasteiger partial charge in [0.25, 0.3) is 0 Å². The van der Waals surface area contributed by atoms with Gasteiger partial charge in [0, 0.05) is 13.2 Å². The van der Waals surface area contributed by atoms with Gasteiger partial charge in [0.1, 0.15) is 18.1 Å². The molecule has 7 nitrogen and oxygen atoms in total. The lowest BCUT2D eigenvalue weighted by molar-refractivity contribution is -0.0265. The summed E-state index contributed by atoms with van der Waals surface area (Å²) in [4.78, 5) is 0. The van der Waals surface area contributed by atoms with Crippen LogP contribution in [0.1, 0.15) is 153 Å². The molecule has 0 saturated heterocycles. The molecular weight excluding hydrogens is 809 g/mol. The smallest absolute Gasteiger partial charge is 0.119 e. The maximum absolute atomic E-state index is 9.41. The van der Waals surface area contributed by atoms with Crippen molar-refractivity contribution >= 4 is 0 Å². The quantitative estimate of drug-likeness (QED) is 0.0360. The Morgan fingerprint density at radius 2 is 0.908 bits per heavy atom. The third-order valence-corrected chi connectivity index (χ3v) is 11.0. The van der Waals surface area contributed by atoms with Crippen LogP contribution in [-0.4, -0.2) is 57.0 Å². The lowest BCUT2D eigenvalue weighted by Gasteiger charge is -2.16. The Hall–Kier alpha value is -4.14. The fourth-order valence-electron chi connectivity index (χ4n) is 6.76. The maximum atomic E-state index is 9.41. The predicted octanol–water partition coefficient (Wildman–Crippen LogP) is 14.9. The van der Waals surface area contributed by atoms with Gasteiger partial charge in [-0.1, -0.05) is 183 Å². The van der Waals surface area contributed by atoms with Crippen molar-refractivity contribution in [2.75, 3.05) is 39.6 Å². The first kappa shape index (κ1) is 57.0. The Balaban J connectivity index is 0.000000376. The highest BCUT2D eigenvalue weighted by molar-refractivity contribution is 5.28. The molecule has 65 heavy (non-hydrogen) atoms. The van der Waals surface area contributed by atoms with Crippen molar-refractivity contribution in [3.63, 3.8) is 0 Å². The van der Waals surface area contributed by atoms with Crippen LogP contribution < -0.4 is 9.47 Å². The van der Waals surface area contributed by atoms with E-state index in [1.54, 1.807) is 0 Å². The Bertz CT molecular complexity index is 1600. The Kier molecular flexibility index (Phi) is 36.2. The predicted molar refractivity (Wildman–Crippen MR) is 272 cm³/mol. The fourth-order valence-corrected chi connectivity index (χ4v) is 6.76. The first-order chi connectivity index (χ1) is 32.0. The van der Waals surface area contributed by atoms with Crippen LogP contribution in [0.25, 0.3) is 0 Å². The second-order valence-corrected chi connectivity index (χ2v) is 16.7. The number of benzene rings is 4. The molecule has 0 aliphatic rings. The molecule has 4 aromatic carbocycles. The molecule has 7 heteroatoms. The number of rotatable bonds is 36. The average Bonchev–Trinajstić information content (AvgIpc) is 3.35. The summed E-state index contributed by atoms with van der Waals surface area (Å²) in [6.07, 6.45) is 22.5. The number of hydrogen-bond acceptors (Lipinski definition) is 7. The van der Waals surface area contributed by atoms with E-state index in [9.17, 15) is 5.11 Å². The molecule has 0 spiro atoms. The molecule has 0 fully saturated rings. The Labute approximate surface area is 396 Å². The van der Waals surface area contributed by atoms with Gasteiger partial charge >= 0.3 is 0 Å². The molecule has 0 saturated carbocycles. The minimum atomic E-state index is -0.326. The van der Waals surface area contributed by atoms with Gasteiger partial charge < -0.3 is 33.5 Å². The van der Waals surface area contributed by atoms with Crippen LogP contribution in [0, 0.1) is 0 Å². The largest absolute Gasteiger partial charge is 0.497 e. The van der Waals surface area contributed by atoms with E-state index in [2.05, 4.69) is 88.0 Å². The first-order valence-corrected chi connectivity index (χ1v) is 25.2. The normalized spacial score (nSPS) is 11.6. The van der Waals surface area contributed by atoms with E-state index < -0.39 is 0 Å². The zero-order valence-corrected chi connectivity index (χ0v) is 41.1. The topological polar surface area (TPSA) is 75.6 Å². The van der Waals surface area contributed by atoms with E-state index in [0.29, 0.717) is 33.0 Å². The number of aliphatic hydroxyl groups is 1. The molecule has 4 rings (SSSR count). The van der Waals surface area contributed by atoms with Crippen molar-refractivity contribution in [2.24, 2.45) is 0 Å². The molecular formula is C58H88O7. The second-order valence-electron chi connectivity index (χ2n) is 16.7. The highest BCUT2D eigenvalue weighted by atomic mass is 16.5. The lowest BCUT2D eigenvalue weighted by Crippen LogP contribution is -2.19. The van der Waals surface area contributed by atoms with E-state index in [0.717, 1.165) is 82.7 Å². The van der Waals surface area contributed by atoms with Crippen LogP contribution in [-0.2, 0) is 45.0 Å². The number of unbranched alkanes of at least 4 members (excludes halogenated alkanes) is 10. The van der Waals surface area contributed by atoms with Crippen LogP contribution in [0.15, 0.2) is 122 Å². The summed E-state index contributed by atoms with van der Waals surface area (Å²) < 4.78 is 34.0. The molecule has 0 heterocycles. The summed E-state index contributed by atoms with van der Waals surface area (Å²) >= 11 is 0. The van der Waals surface area contributed by atoms with Crippen molar-refractivity contribution in [2.45, 2.75) is 169 Å². The van der Waals surface area contributed by atoms with Gasteiger partial charge in [-0.25, -0.2) is 0 Å². The molecule has 4 aromatic rings. The second kappa shape index (κ2) is 41.3. The van der Waals surface area contributed by atoms with Gasteiger partial charge in [-0.2, -0.15) is 0 Å². The van der Waals surface area contributed by atoms with Crippen LogP contribution in [0.4, 0.5) is 0 Å². The molecule has 1 N–H and O–H groups in total. The molecule has 0 bridgehead atoms. The molecule has 2 atom stereocenters. The zero-order chi connectivity index (χ0) is 46.7. The summed E-state index contributed by atoms with van der Waals surface area (Å²) in [6, 6.07) is 37.2. The summed E-state index contributed by atoms with van der Waals surface area (Å²) in [6.45, 7) is 17.5. The van der Waals surface area contributed by atoms with Crippen LogP contribution in [0.5, 0.6) is 11.5 Å². The molecule has 362 valence electrons. The van der Waals surface area contributed by atoms with E-state index >= 15 is 0 Å². The SMILES string of the molecule is C=COCc1ccccc1.CCCCCCCCOc1ccc(CCCOC[C@@H](CC)OCc2ccccc2)cc1.CCCCCCCCOc1ccc(CCCOC[C@H](O)CC)cc1. The van der Waals surface area contributed by atoms with Gasteiger partial charge in [-0.05, 0) is 97.9 Å². The van der Waals surface area contributed by atoms with Crippen LogP contribution in [0.2, 0.25) is 0 Å². The van der Waals surface area contributed by atoms with Crippen molar-refractivity contribution in [3.8, 4) is 11.5 Å². The van der Waals surface area contributed by atoms with E-state index in [1.165, 1.54) is 92.7 Å². The number of ether oxygens (including phenoxy) is 6. The van der Waals surface area contributed by atoms with Gasteiger partial charge in [-0.3, -0.25) is 0 Å². The number of aryl methyl sites for hydroxylation is 2. The van der Waals surface area contributed by atoms with E-state index in [1.807, 2.05) is 55.5 Å². The van der Waals surface area contributed by atoms with Crippen molar-refractivity contribution in [3.05, 3.63) is 144 Å². The number of aliphatic hydroxyl groups excluding tert-OH is 1. The monoisotopic (exact) mass is 897 g/mol. The van der Waals surface area contributed by atoms with Crippen molar-refractivity contribution in [1.29, 1.82) is 0 Å². The molecule has 0 radical (unpaired) electrons. The molecule has 0 aliphatic heterocycles. The molecule has 0 aliphatic carbocycles. The highest BCUT2D eigenvalue weighted by Gasteiger charge is 2.08. The third kappa shape index (κ3) is 32.2. The molecule has 0 unspecified atom stereocenters. The average molecular weight is 897 g/mol. The van der Waals surface area contributed by atoms with Crippen LogP contribution in [0.3, 0.4) is 0 Å². The van der Waals surface area contributed by atoms with Gasteiger partial charge in [0.15, 0.2) is 0 Å². The summed E-state index contributed by atoms with van der Waals surface area (Å²) in [5.74, 6) is 1.95. The maximum Gasteiger partial charge on any atom is 0.119 e. The number of hydrogen-bond donors (Lipinski definition) is 1.